The van der Waals surface area contributed by atoms with Gasteiger partial charge >= 0.3 is 0 Å². The van der Waals surface area contributed by atoms with Crippen molar-refractivity contribution in [2.75, 3.05) is 19.8 Å². The molecule has 144 valence electrons. The van der Waals surface area contributed by atoms with E-state index in [0.29, 0.717) is 24.5 Å². The Bertz CT molecular complexity index is 1020. The van der Waals surface area contributed by atoms with E-state index in [-0.39, 0.29) is 12.2 Å². The van der Waals surface area contributed by atoms with Crippen molar-refractivity contribution >= 4 is 28.0 Å². The second kappa shape index (κ2) is 7.27. The fourth-order valence-electron chi connectivity index (χ4n) is 4.10. The Morgan fingerprint density at radius 3 is 2.82 bits per heavy atom. The molecule has 7 nitrogen and oxygen atoms in total. The lowest BCUT2D eigenvalue weighted by Crippen LogP contribution is -2.48. The number of carbonyl (C=O) groups excluding carboxylic acids is 1. The lowest BCUT2D eigenvalue weighted by Gasteiger charge is -2.33. The molecule has 2 unspecified atom stereocenters. The fraction of sp³-hybridized carbons (Fsp3) is 0.450. The number of carbonyl (C=O) groups is 1. The third-order valence-corrected chi connectivity index (χ3v) is 6.40. The molecule has 3 aromatic rings. The Labute approximate surface area is 166 Å². The van der Waals surface area contributed by atoms with Crippen LogP contribution >= 0.6 is 11.3 Å². The van der Waals surface area contributed by atoms with Gasteiger partial charge in [-0.1, -0.05) is 23.5 Å². The maximum absolute atomic E-state index is 12.6. The molecule has 0 saturated carbocycles. The highest BCUT2D eigenvalue weighted by Gasteiger charge is 2.38. The zero-order chi connectivity index (χ0) is 19.1. The minimum absolute atomic E-state index is 0.161. The number of ketones is 1. The molecule has 2 saturated heterocycles. The van der Waals surface area contributed by atoms with E-state index in [2.05, 4.69) is 25.1 Å². The van der Waals surface area contributed by atoms with E-state index in [0.717, 1.165) is 52.5 Å². The predicted octanol–water partition coefficient (Wildman–Crippen LogP) is 2.43. The summed E-state index contributed by atoms with van der Waals surface area (Å²) in [7, 11) is 0. The summed E-state index contributed by atoms with van der Waals surface area (Å²) in [5.74, 6) is 0.734. The van der Waals surface area contributed by atoms with Gasteiger partial charge in [-0.3, -0.25) is 9.69 Å². The van der Waals surface area contributed by atoms with E-state index in [4.69, 9.17) is 4.74 Å². The van der Waals surface area contributed by atoms with Crippen LogP contribution in [0.1, 0.15) is 23.7 Å². The molecule has 2 aromatic heterocycles. The highest BCUT2D eigenvalue weighted by atomic mass is 32.1. The number of hydrogen-bond acceptors (Lipinski definition) is 8. The molecular formula is C20H21N5O2S. The summed E-state index contributed by atoms with van der Waals surface area (Å²) in [6.07, 6.45) is 4.30. The van der Waals surface area contributed by atoms with Crippen LogP contribution < -0.4 is 0 Å². The zero-order valence-corrected chi connectivity index (χ0v) is 16.5. The first kappa shape index (κ1) is 17.8. The third-order valence-electron chi connectivity index (χ3n) is 5.51. The number of rotatable bonds is 5. The van der Waals surface area contributed by atoms with E-state index in [1.807, 2.05) is 25.1 Å². The minimum atomic E-state index is 0.161. The molecule has 2 atom stereocenters. The average molecular weight is 395 g/mol. The van der Waals surface area contributed by atoms with Crippen LogP contribution in [-0.2, 0) is 16.0 Å². The maximum Gasteiger partial charge on any atom is 0.154 e. The van der Waals surface area contributed by atoms with Gasteiger partial charge in [-0.25, -0.2) is 9.97 Å². The number of fused-ring (bicyclic) bond motifs is 3. The van der Waals surface area contributed by atoms with Crippen molar-refractivity contribution in [1.29, 1.82) is 0 Å². The molecule has 2 bridgehead atoms. The molecule has 0 radical (unpaired) electrons. The van der Waals surface area contributed by atoms with Gasteiger partial charge in [0.2, 0.25) is 0 Å². The number of benzene rings is 1. The molecule has 8 heteroatoms. The van der Waals surface area contributed by atoms with Gasteiger partial charge in [0.1, 0.15) is 15.8 Å². The molecule has 0 N–H and O–H groups in total. The number of aromatic nitrogens is 4. The van der Waals surface area contributed by atoms with E-state index >= 15 is 0 Å². The van der Waals surface area contributed by atoms with E-state index < -0.39 is 0 Å². The van der Waals surface area contributed by atoms with Crippen LogP contribution in [-0.4, -0.2) is 62.7 Å². The Morgan fingerprint density at radius 2 is 2.07 bits per heavy atom. The zero-order valence-electron chi connectivity index (χ0n) is 15.7. The summed E-state index contributed by atoms with van der Waals surface area (Å²) in [6, 6.07) is 6.76. The second-order valence-electron chi connectivity index (χ2n) is 7.50. The first-order valence-corrected chi connectivity index (χ1v) is 10.4. The Hall–Kier alpha value is -2.29. The molecule has 1 aromatic carbocycles. The van der Waals surface area contributed by atoms with Gasteiger partial charge in [0, 0.05) is 29.2 Å². The van der Waals surface area contributed by atoms with Crippen LogP contribution in [0, 0.1) is 6.92 Å². The van der Waals surface area contributed by atoms with Crippen LogP contribution in [0.3, 0.4) is 0 Å². The normalized spacial score (nSPS) is 22.0. The van der Waals surface area contributed by atoms with Crippen LogP contribution in [0.5, 0.6) is 0 Å². The van der Waals surface area contributed by atoms with Crippen LogP contribution in [0.25, 0.3) is 21.5 Å². The van der Waals surface area contributed by atoms with Gasteiger partial charge in [0.05, 0.1) is 31.7 Å². The van der Waals surface area contributed by atoms with Crippen LogP contribution in [0.2, 0.25) is 0 Å². The number of hydrogen-bond donors (Lipinski definition) is 0. The molecule has 0 aliphatic carbocycles. The smallest absolute Gasteiger partial charge is 0.154 e. The Kier molecular flexibility index (Phi) is 4.62. The standard InChI is InChI=1S/C20H21N5O2S/c1-12-23-24-20(28-12)13-2-3-14-8-21-19(22-18(14)6-13)7-17(26)9-25-15-4-5-16(25)11-27-10-15/h2-3,6,8,15-16H,4-5,7,9-11H2,1H3. The summed E-state index contributed by atoms with van der Waals surface area (Å²) >= 11 is 1.55. The van der Waals surface area contributed by atoms with Gasteiger partial charge in [0.15, 0.2) is 5.78 Å². The molecule has 4 heterocycles. The highest BCUT2D eigenvalue weighted by Crippen LogP contribution is 2.29. The molecule has 2 fully saturated rings. The molecule has 0 spiro atoms. The van der Waals surface area contributed by atoms with E-state index in [1.165, 1.54) is 0 Å². The molecule has 5 rings (SSSR count). The minimum Gasteiger partial charge on any atom is -0.378 e. The topological polar surface area (TPSA) is 81.1 Å². The lowest BCUT2D eigenvalue weighted by molar-refractivity contribution is -0.122. The number of morpholine rings is 1. The van der Waals surface area contributed by atoms with Crippen molar-refractivity contribution in [3.8, 4) is 10.6 Å². The summed E-state index contributed by atoms with van der Waals surface area (Å²) in [5, 5.41) is 11.0. The second-order valence-corrected chi connectivity index (χ2v) is 8.68. The number of nitrogens with zero attached hydrogens (tertiary/aromatic N) is 5. The van der Waals surface area contributed by atoms with Gasteiger partial charge in [0.25, 0.3) is 0 Å². The quantitative estimate of drug-likeness (QED) is 0.656. The van der Waals surface area contributed by atoms with Crippen LogP contribution in [0.15, 0.2) is 24.4 Å². The Balaban J connectivity index is 1.33. The maximum atomic E-state index is 12.6. The molecule has 2 aliphatic heterocycles. The first-order valence-electron chi connectivity index (χ1n) is 9.57. The van der Waals surface area contributed by atoms with E-state index in [1.54, 1.807) is 17.5 Å². The van der Waals surface area contributed by atoms with Crippen molar-refractivity contribution < 1.29 is 9.53 Å². The molecule has 0 amide bonds. The molecule has 28 heavy (non-hydrogen) atoms. The number of ether oxygens (including phenoxy) is 1. The summed E-state index contributed by atoms with van der Waals surface area (Å²) < 4.78 is 5.60. The number of Topliss-reactive ketones (excluding diaryl/α,β-unsaturated/α-hetero) is 1. The van der Waals surface area contributed by atoms with Crippen molar-refractivity contribution in [3.63, 3.8) is 0 Å². The summed E-state index contributed by atoms with van der Waals surface area (Å²) in [5.41, 5.74) is 1.81. The van der Waals surface area contributed by atoms with Gasteiger partial charge in [-0.2, -0.15) is 0 Å². The molecule has 2 aliphatic rings. The third kappa shape index (κ3) is 3.43. The van der Waals surface area contributed by atoms with Crippen molar-refractivity contribution in [3.05, 3.63) is 35.2 Å². The average Bonchev–Trinajstić information content (AvgIpc) is 3.20. The van der Waals surface area contributed by atoms with Crippen molar-refractivity contribution in [1.82, 2.24) is 25.1 Å². The van der Waals surface area contributed by atoms with Crippen LogP contribution in [0.4, 0.5) is 0 Å². The van der Waals surface area contributed by atoms with Gasteiger partial charge in [-0.15, -0.1) is 10.2 Å². The molecular weight excluding hydrogens is 374 g/mol. The van der Waals surface area contributed by atoms with Crippen molar-refractivity contribution in [2.24, 2.45) is 0 Å². The monoisotopic (exact) mass is 395 g/mol. The van der Waals surface area contributed by atoms with Gasteiger partial charge < -0.3 is 4.74 Å². The summed E-state index contributed by atoms with van der Waals surface area (Å²) in [4.78, 5) is 24.0. The highest BCUT2D eigenvalue weighted by molar-refractivity contribution is 7.14. The van der Waals surface area contributed by atoms with Crippen molar-refractivity contribution in [2.45, 2.75) is 38.3 Å². The largest absolute Gasteiger partial charge is 0.378 e. The Morgan fingerprint density at radius 1 is 1.25 bits per heavy atom. The summed E-state index contributed by atoms with van der Waals surface area (Å²) in [6.45, 7) is 3.88. The number of aryl methyl sites for hydroxylation is 1. The van der Waals surface area contributed by atoms with E-state index in [9.17, 15) is 4.79 Å². The van der Waals surface area contributed by atoms with Gasteiger partial charge in [-0.05, 0) is 25.8 Å². The first-order chi connectivity index (χ1) is 13.7. The fourth-order valence-corrected chi connectivity index (χ4v) is 4.79. The SMILES string of the molecule is Cc1nnc(-c2ccc3cnc(CC(=O)CN4C5CCC4COC5)nc3c2)s1. The predicted molar refractivity (Wildman–Crippen MR) is 106 cm³/mol. The lowest BCUT2D eigenvalue weighted by atomic mass is 10.1.